The van der Waals surface area contributed by atoms with Crippen LogP contribution in [0.5, 0.6) is 5.75 Å². The van der Waals surface area contributed by atoms with Gasteiger partial charge in [-0.15, -0.1) is 0 Å². The van der Waals surface area contributed by atoms with Crippen molar-refractivity contribution in [1.29, 1.82) is 0 Å². The van der Waals surface area contributed by atoms with Gasteiger partial charge in [-0.25, -0.2) is 52.5 Å². The molecule has 18 aromatic rings. The zero-order valence-corrected chi connectivity index (χ0v) is 82.2. The number of H-pyrrole nitrogens is 3. The summed E-state index contributed by atoms with van der Waals surface area (Å²) >= 11 is 37.8. The van der Waals surface area contributed by atoms with Crippen LogP contribution in [0.15, 0.2) is 250 Å². The molecule has 44 heteroatoms. The van der Waals surface area contributed by atoms with Crippen molar-refractivity contribution >= 4 is 138 Å². The van der Waals surface area contributed by atoms with Crippen LogP contribution >= 0.6 is 69.6 Å². The van der Waals surface area contributed by atoms with Crippen LogP contribution in [-0.4, -0.2) is 174 Å². The molecule has 37 nitrogen and oxygen atoms in total. The number of aromatic nitrogens is 21. The van der Waals surface area contributed by atoms with Crippen molar-refractivity contribution in [3.63, 3.8) is 0 Å². The number of pyridine rings is 5. The number of nitrogens with one attached hydrogen (secondary N) is 6. The lowest BCUT2D eigenvalue weighted by Gasteiger charge is -2.10. The molecule has 142 heavy (non-hydrogen) atoms. The third-order valence-electron chi connectivity index (χ3n) is 21.1. The molecule has 0 aliphatic heterocycles. The first-order chi connectivity index (χ1) is 68.0. The summed E-state index contributed by atoms with van der Waals surface area (Å²) in [6.07, 6.45) is 27.5. The van der Waals surface area contributed by atoms with E-state index < -0.39 is 27.7 Å². The number of benzene rings is 5. The van der Waals surface area contributed by atoms with E-state index in [-0.39, 0.29) is 41.1 Å². The molecule has 13 aromatic heterocycles. The Labute approximate surface area is 840 Å². The predicted molar refractivity (Wildman–Crippen MR) is 541 cm³/mol. The molecule has 0 saturated heterocycles. The number of carbonyl (C=O) groups is 7. The highest BCUT2D eigenvalue weighted by molar-refractivity contribution is 7.90. The Kier molecular flexibility index (Phi) is 32.1. The van der Waals surface area contributed by atoms with E-state index in [0.29, 0.717) is 149 Å². The number of rotatable bonds is 24. The quantitative estimate of drug-likeness (QED) is 0.0278. The van der Waals surface area contributed by atoms with Gasteiger partial charge in [-0.3, -0.25) is 59.3 Å². The fraction of sp³-hybridized carbons (Fsp3) is 0.122. The van der Waals surface area contributed by atoms with Gasteiger partial charge in [0.05, 0.1) is 85.4 Å². The van der Waals surface area contributed by atoms with Gasteiger partial charge in [0, 0.05) is 208 Å². The Balaban J connectivity index is 0.000000141. The Morgan fingerprint density at radius 2 is 0.845 bits per heavy atom. The summed E-state index contributed by atoms with van der Waals surface area (Å²) < 4.78 is 43.3. The first kappa shape index (κ1) is 101. The number of amides is 5. The number of sulfone groups is 1. The van der Waals surface area contributed by atoms with Crippen LogP contribution in [0.3, 0.4) is 0 Å². The summed E-state index contributed by atoms with van der Waals surface area (Å²) in [5.41, 5.74) is 28.0. The third-order valence-corrected chi connectivity index (χ3v) is 24.1. The van der Waals surface area contributed by atoms with Crippen LogP contribution in [0.2, 0.25) is 30.1 Å². The number of halogens is 6. The van der Waals surface area contributed by atoms with Crippen molar-refractivity contribution in [3.8, 4) is 124 Å². The zero-order valence-electron chi connectivity index (χ0n) is 76.9. The van der Waals surface area contributed by atoms with Gasteiger partial charge >= 0.3 is 6.09 Å². The molecule has 10 N–H and O–H groups in total. The van der Waals surface area contributed by atoms with E-state index in [9.17, 15) is 42.0 Å². The second kappa shape index (κ2) is 45.0. The number of ketones is 2. The molecule has 0 fully saturated rings. The predicted octanol–water partition coefficient (Wildman–Crippen LogP) is 18.7. The van der Waals surface area contributed by atoms with Crippen molar-refractivity contribution < 1.29 is 51.5 Å². The third kappa shape index (κ3) is 24.4. The number of primary amides is 2. The number of methoxy groups -OCH3 is 2. The monoisotopic (exact) mass is 2040 g/mol. The van der Waals surface area contributed by atoms with Crippen molar-refractivity contribution in [2.24, 2.45) is 11.5 Å². The standard InChI is InChI=1S/C21H19N5O3S.C20H16Cl2N6O.C20H18ClN7O2.C19H17ClN4O3.C18H14Cl2N4O2/c1-14(27)9-15-10-16(7-8-22-15)26-11-18(19(12-26)21-23-13-24-25-21)17-5-3-4-6-20(17)30(2,28)29;1-11-8-23-14(5-12(2)29)7-18(11)28-9-16(20-24-10-25-26-20)19(27-28)15-4-3-13(21)6-17(15)22;1-11-8-22-18(25-12(2)29)7-17(11)28-9-15(20-23-10-24-26-20)19(27-28)14-5-4-13(30-3)6-16(14)21;1-11-8-22-17(23-19(26)27-2)7-16(11)24-9-13(14(10-24)18(21)25)12-5-3-4-6-15(12)20;1-10(25)23-17-6-16(15(20)7-22-17)24-8-12(13(9-24)18(21)26)11-4-2-3-5-14(11)19/h3-8,10-13H,9H2,1-2H3,(H,23,24,25);3-4,6-10H,5H2,1-2H3,(H,24,25,26);4-10H,1-3H3,(H,22,25,29)(H,23,24,26);3-10H,1-2H3,(H2,21,25)(H,22,23,26);2-9H,1H3,(H2,21,26)(H,22,23,25). The van der Waals surface area contributed by atoms with E-state index in [2.05, 4.69) is 91.2 Å². The number of Topliss-reactive ketones (excluding diaryl/α,β-unsaturated/α-hetero) is 2. The number of ether oxygens (including phenoxy) is 2. The lowest BCUT2D eigenvalue weighted by atomic mass is 10.0. The maximum atomic E-state index is 12.4. The fourth-order valence-electron chi connectivity index (χ4n) is 14.7. The molecule has 0 saturated carbocycles. The van der Waals surface area contributed by atoms with E-state index in [0.717, 1.165) is 61.7 Å². The Morgan fingerprint density at radius 1 is 0.401 bits per heavy atom. The highest BCUT2D eigenvalue weighted by atomic mass is 35.5. The second-order valence-corrected chi connectivity index (χ2v) is 36.0. The number of anilines is 3. The van der Waals surface area contributed by atoms with Gasteiger partial charge in [-0.1, -0.05) is 124 Å². The molecular weight excluding hydrogens is 1960 g/mol. The number of hydrogen-bond donors (Lipinski definition) is 8. The van der Waals surface area contributed by atoms with E-state index in [4.69, 9.17) is 96.0 Å². The maximum Gasteiger partial charge on any atom is 0.412 e. The van der Waals surface area contributed by atoms with Gasteiger partial charge in [0.2, 0.25) is 11.8 Å². The summed E-state index contributed by atoms with van der Waals surface area (Å²) in [5, 5.41) is 40.6. The van der Waals surface area contributed by atoms with Crippen LogP contribution in [0.25, 0.3) is 118 Å². The Morgan fingerprint density at radius 3 is 1.33 bits per heavy atom. The second-order valence-electron chi connectivity index (χ2n) is 31.5. The number of aryl methyl sites for hydroxylation is 3. The minimum atomic E-state index is -3.45. The molecule has 0 spiro atoms. The van der Waals surface area contributed by atoms with Crippen LogP contribution in [0.4, 0.5) is 22.2 Å². The van der Waals surface area contributed by atoms with E-state index in [1.54, 1.807) is 160 Å². The Hall–Kier alpha value is -16.5. The van der Waals surface area contributed by atoms with Gasteiger partial charge in [-0.05, 0) is 124 Å². The largest absolute Gasteiger partial charge is 0.497 e. The summed E-state index contributed by atoms with van der Waals surface area (Å²) in [4.78, 5) is 115. The van der Waals surface area contributed by atoms with Gasteiger partial charge in [0.1, 0.15) is 65.1 Å². The SMILES string of the molecule is CC(=O)Cc1cc(-n2cc(-c3ncn[nH]3)c(-c3ccc(Cl)cc3Cl)n2)c(C)cn1.CC(=O)Cc1cc(-n2cc(-c3ncn[nH]3)c(-c3ccccc3S(C)(=O)=O)c2)ccn1.CC(=O)Nc1cc(-n2cc(C(N)=O)c(-c3ccccc3Cl)c2)c(Cl)cn1.COC(=O)Nc1cc(-n2cc(C(N)=O)c(-c3ccccc3Cl)c2)c(C)cn1.COc1ccc(-c2nn(-c3cc(NC(C)=O)ncc3C)cc2-c2ncn[nH]2)c(Cl)c1. The molecular formula is C98H84Cl6N26O11S. The van der Waals surface area contributed by atoms with Crippen molar-refractivity contribution in [1.82, 2.24) is 104 Å². The topological polar surface area (TPSA) is 500 Å². The van der Waals surface area contributed by atoms with Crippen LogP contribution in [0, 0.1) is 20.8 Å². The van der Waals surface area contributed by atoms with E-state index >= 15 is 0 Å². The molecule has 0 radical (unpaired) electrons. The van der Waals surface area contributed by atoms with Gasteiger partial charge in [0.15, 0.2) is 27.3 Å². The summed E-state index contributed by atoms with van der Waals surface area (Å²) in [7, 11) is -0.594. The number of nitrogens with zero attached hydrogens (tertiary/aromatic N) is 18. The molecule has 5 aromatic carbocycles. The summed E-state index contributed by atoms with van der Waals surface area (Å²) in [6.45, 7) is 11.6. The first-order valence-electron chi connectivity index (χ1n) is 42.5. The minimum absolute atomic E-state index is 0.0253. The van der Waals surface area contributed by atoms with Crippen molar-refractivity contribution in [2.45, 2.75) is 66.2 Å². The number of nitrogens with two attached hydrogens (primary N) is 2. The number of hydrogen-bond acceptors (Lipinski definition) is 24. The van der Waals surface area contributed by atoms with Gasteiger partial charge in [0.25, 0.3) is 11.8 Å². The average molecular weight is 2050 g/mol. The van der Waals surface area contributed by atoms with Crippen molar-refractivity contribution in [3.05, 3.63) is 314 Å². The van der Waals surface area contributed by atoms with E-state index in [1.165, 1.54) is 66.2 Å². The minimum Gasteiger partial charge on any atom is -0.497 e. The zero-order chi connectivity index (χ0) is 101. The first-order valence-corrected chi connectivity index (χ1v) is 46.6. The van der Waals surface area contributed by atoms with E-state index in [1.807, 2.05) is 111 Å². The summed E-state index contributed by atoms with van der Waals surface area (Å²) in [5.74, 6) is 1.82. The Bertz CT molecular complexity index is 7920. The maximum absolute atomic E-state index is 12.4. The van der Waals surface area contributed by atoms with Crippen LogP contribution in [0.1, 0.15) is 76.5 Å². The molecule has 0 aliphatic carbocycles. The summed E-state index contributed by atoms with van der Waals surface area (Å²) in [6, 6.07) is 42.4. The van der Waals surface area contributed by atoms with Crippen molar-refractivity contribution in [2.75, 3.05) is 36.4 Å². The van der Waals surface area contributed by atoms with Crippen LogP contribution < -0.4 is 32.2 Å². The molecule has 5 amide bonds. The molecule has 0 atom stereocenters. The molecule has 13 heterocycles. The molecule has 0 bridgehead atoms. The normalized spacial score (nSPS) is 10.9. The smallest absolute Gasteiger partial charge is 0.412 e. The highest BCUT2D eigenvalue weighted by Gasteiger charge is 2.27. The molecule has 18 rings (SSSR count). The fourth-order valence-corrected chi connectivity index (χ4v) is 17.0. The highest BCUT2D eigenvalue weighted by Crippen LogP contribution is 2.42. The molecule has 720 valence electrons. The van der Waals surface area contributed by atoms with Crippen LogP contribution in [-0.2, 0) is 46.6 Å². The molecule has 0 unspecified atom stereocenters. The lowest BCUT2D eigenvalue weighted by molar-refractivity contribution is -0.117. The average Bonchev–Trinajstić information content (AvgIpc) is 1.91. The molecule has 0 aliphatic rings. The lowest BCUT2D eigenvalue weighted by Crippen LogP contribution is -2.13. The number of carbonyl (C=O) groups excluding carboxylic acids is 7. The number of aromatic amines is 3. The van der Waals surface area contributed by atoms with Gasteiger partial charge in [-0.2, -0.15) is 25.5 Å². The van der Waals surface area contributed by atoms with Gasteiger partial charge < -0.3 is 45.3 Å².